The van der Waals surface area contributed by atoms with E-state index >= 15 is 0 Å². The molecule has 0 bridgehead atoms. The number of fused-ring (bicyclic) bond motifs is 2. The molecule has 2 unspecified atom stereocenters. The number of rotatable bonds is 3. The molecule has 0 aliphatic heterocycles. The third-order valence-corrected chi connectivity index (χ3v) is 7.03. The van der Waals surface area contributed by atoms with Gasteiger partial charge in [0.25, 0.3) is 0 Å². The van der Waals surface area contributed by atoms with Crippen LogP contribution in [0.2, 0.25) is 0 Å². The topological polar surface area (TPSA) is 37.3 Å². The van der Waals surface area contributed by atoms with Gasteiger partial charge in [-0.1, -0.05) is 58.0 Å². The van der Waals surface area contributed by atoms with Gasteiger partial charge in [-0.15, -0.1) is 0 Å². The third kappa shape index (κ3) is 2.49. The van der Waals surface area contributed by atoms with Crippen molar-refractivity contribution in [3.8, 4) is 0 Å². The second-order valence-electron chi connectivity index (χ2n) is 9.52. The van der Waals surface area contributed by atoms with Crippen molar-refractivity contribution in [2.75, 3.05) is 0 Å². The van der Waals surface area contributed by atoms with Crippen molar-refractivity contribution < 1.29 is 9.90 Å². The predicted octanol–water partition coefficient (Wildman–Crippen LogP) is 5.26. The second-order valence-corrected chi connectivity index (χ2v) is 9.52. The molecule has 1 fully saturated rings. The number of hydrogen-bond donors (Lipinski definition) is 1. The van der Waals surface area contributed by atoms with Gasteiger partial charge in [0, 0.05) is 11.5 Å². The third-order valence-electron chi connectivity index (χ3n) is 7.03. The molecule has 2 nitrogen and oxygen atoms in total. The molecule has 0 aromatic heterocycles. The summed E-state index contributed by atoms with van der Waals surface area (Å²) < 4.78 is 0. The van der Waals surface area contributed by atoms with E-state index in [0.717, 1.165) is 12.8 Å². The van der Waals surface area contributed by atoms with Gasteiger partial charge in [-0.2, -0.15) is 0 Å². The van der Waals surface area contributed by atoms with Crippen molar-refractivity contribution in [2.24, 2.45) is 5.92 Å². The maximum Gasteiger partial charge on any atom is 0.328 e. The first-order valence-electron chi connectivity index (χ1n) is 9.42. The summed E-state index contributed by atoms with van der Waals surface area (Å²) in [5, 5.41) is 8.88. The molecule has 132 valence electrons. The Morgan fingerprint density at radius 2 is 1.80 bits per heavy atom. The molecular weight excluding hydrogens is 308 g/mol. The van der Waals surface area contributed by atoms with Crippen LogP contribution in [0.5, 0.6) is 0 Å². The predicted molar refractivity (Wildman–Crippen MR) is 101 cm³/mol. The summed E-state index contributed by atoms with van der Waals surface area (Å²) in [7, 11) is 0. The maximum atomic E-state index is 10.8. The average molecular weight is 336 g/mol. The summed E-state index contributed by atoms with van der Waals surface area (Å²) in [6.45, 7) is 9.48. The van der Waals surface area contributed by atoms with E-state index in [-0.39, 0.29) is 16.2 Å². The standard InChI is InChI=1S/C23H28O2/c1-21(2)11-12-22(3,4)18-13-16(6-7-17(18)21)23-10-9-15(19(23)14-23)5-8-20(24)25/h5-9,13,19H,10-12,14H2,1-4H3,(H,24,25)/b8-5+. The molecule has 1 saturated carbocycles. The molecule has 0 heterocycles. The molecule has 3 aliphatic rings. The molecule has 3 aliphatic carbocycles. The lowest BCUT2D eigenvalue weighted by atomic mass is 9.62. The lowest BCUT2D eigenvalue weighted by Crippen LogP contribution is -2.34. The fourth-order valence-corrected chi connectivity index (χ4v) is 5.10. The van der Waals surface area contributed by atoms with E-state index in [4.69, 9.17) is 5.11 Å². The lowest BCUT2D eigenvalue weighted by molar-refractivity contribution is -0.131. The Morgan fingerprint density at radius 3 is 2.44 bits per heavy atom. The second kappa shape index (κ2) is 5.09. The van der Waals surface area contributed by atoms with Crippen molar-refractivity contribution in [3.63, 3.8) is 0 Å². The highest BCUT2D eigenvalue weighted by molar-refractivity contribution is 5.80. The normalized spacial score (nSPS) is 31.4. The highest BCUT2D eigenvalue weighted by Gasteiger charge is 2.58. The van der Waals surface area contributed by atoms with Crippen LogP contribution in [0.1, 0.15) is 70.1 Å². The minimum Gasteiger partial charge on any atom is -0.478 e. The molecule has 0 saturated heterocycles. The number of carboxylic acid groups (broad SMARTS) is 1. The molecule has 2 atom stereocenters. The van der Waals surface area contributed by atoms with E-state index in [9.17, 15) is 4.79 Å². The molecule has 0 spiro atoms. The van der Waals surface area contributed by atoms with Crippen molar-refractivity contribution in [2.45, 2.75) is 69.6 Å². The van der Waals surface area contributed by atoms with E-state index < -0.39 is 5.97 Å². The Balaban J connectivity index is 1.68. The van der Waals surface area contributed by atoms with Crippen LogP contribution in [0.3, 0.4) is 0 Å². The summed E-state index contributed by atoms with van der Waals surface area (Å²) in [6.07, 6.45) is 9.99. The molecular formula is C23H28O2. The molecule has 1 aromatic carbocycles. The SMILES string of the molecule is CC1(C)CCC(C)(C)c2cc(C34CC=C(/C=C/C(=O)O)C3C4)ccc21. The minimum atomic E-state index is -0.864. The van der Waals surface area contributed by atoms with Gasteiger partial charge in [-0.25, -0.2) is 4.79 Å². The molecule has 4 rings (SSSR count). The Bertz CT molecular complexity index is 809. The quantitative estimate of drug-likeness (QED) is 0.764. The number of benzene rings is 1. The summed E-state index contributed by atoms with van der Waals surface area (Å²) >= 11 is 0. The van der Waals surface area contributed by atoms with E-state index in [1.807, 2.05) is 0 Å². The van der Waals surface area contributed by atoms with Crippen LogP contribution in [0.4, 0.5) is 0 Å². The largest absolute Gasteiger partial charge is 0.478 e. The van der Waals surface area contributed by atoms with Crippen LogP contribution in [0, 0.1) is 5.92 Å². The van der Waals surface area contributed by atoms with Crippen LogP contribution in [0.15, 0.2) is 42.0 Å². The highest BCUT2D eigenvalue weighted by atomic mass is 16.4. The van der Waals surface area contributed by atoms with Gasteiger partial charge in [-0.3, -0.25) is 0 Å². The smallest absolute Gasteiger partial charge is 0.328 e. The Kier molecular flexibility index (Phi) is 3.39. The number of carbonyl (C=O) groups is 1. The zero-order valence-electron chi connectivity index (χ0n) is 15.7. The van der Waals surface area contributed by atoms with Crippen LogP contribution >= 0.6 is 0 Å². The van der Waals surface area contributed by atoms with Gasteiger partial charge >= 0.3 is 5.97 Å². The number of allylic oxidation sites excluding steroid dienone is 3. The lowest BCUT2D eigenvalue weighted by Gasteiger charge is -2.42. The van der Waals surface area contributed by atoms with Crippen LogP contribution in [-0.2, 0) is 21.0 Å². The molecule has 0 amide bonds. The van der Waals surface area contributed by atoms with Crippen molar-refractivity contribution in [3.05, 3.63) is 58.7 Å². The van der Waals surface area contributed by atoms with Gasteiger partial charge in [0.15, 0.2) is 0 Å². The van der Waals surface area contributed by atoms with E-state index in [2.05, 4.69) is 52.0 Å². The fraction of sp³-hybridized carbons (Fsp3) is 0.522. The number of hydrogen-bond acceptors (Lipinski definition) is 1. The first-order valence-corrected chi connectivity index (χ1v) is 9.42. The monoisotopic (exact) mass is 336 g/mol. The van der Waals surface area contributed by atoms with E-state index in [0.29, 0.717) is 5.92 Å². The Hall–Kier alpha value is -1.83. The van der Waals surface area contributed by atoms with Crippen molar-refractivity contribution in [1.29, 1.82) is 0 Å². The molecule has 0 radical (unpaired) electrons. The summed E-state index contributed by atoms with van der Waals surface area (Å²) in [6, 6.07) is 7.20. The van der Waals surface area contributed by atoms with E-state index in [1.165, 1.54) is 41.2 Å². The average Bonchev–Trinajstić information content (AvgIpc) is 3.18. The van der Waals surface area contributed by atoms with Gasteiger partial charge in [-0.05, 0) is 64.7 Å². The first kappa shape index (κ1) is 16.6. The summed E-state index contributed by atoms with van der Waals surface area (Å²) in [5.41, 5.74) is 6.42. The fourth-order valence-electron chi connectivity index (χ4n) is 5.10. The van der Waals surface area contributed by atoms with Gasteiger partial charge < -0.3 is 5.11 Å². The zero-order chi connectivity index (χ0) is 18.0. The molecule has 1 N–H and O–H groups in total. The Morgan fingerprint density at radius 1 is 1.12 bits per heavy atom. The number of carboxylic acids is 1. The minimum absolute atomic E-state index is 0.227. The van der Waals surface area contributed by atoms with Crippen molar-refractivity contribution in [1.82, 2.24) is 0 Å². The van der Waals surface area contributed by atoms with Gasteiger partial charge in [0.1, 0.15) is 0 Å². The number of aliphatic carboxylic acids is 1. The molecule has 2 heteroatoms. The van der Waals surface area contributed by atoms with Crippen LogP contribution in [0.25, 0.3) is 0 Å². The maximum absolute atomic E-state index is 10.8. The van der Waals surface area contributed by atoms with Crippen LogP contribution in [-0.4, -0.2) is 11.1 Å². The zero-order valence-corrected chi connectivity index (χ0v) is 15.7. The molecule has 25 heavy (non-hydrogen) atoms. The summed E-state index contributed by atoms with van der Waals surface area (Å²) in [5.74, 6) is -0.363. The molecule has 1 aromatic rings. The van der Waals surface area contributed by atoms with Crippen molar-refractivity contribution >= 4 is 5.97 Å². The van der Waals surface area contributed by atoms with Gasteiger partial charge in [0.2, 0.25) is 0 Å². The highest BCUT2D eigenvalue weighted by Crippen LogP contribution is 2.65. The van der Waals surface area contributed by atoms with E-state index in [1.54, 1.807) is 6.08 Å². The Labute approximate surface area is 150 Å². The summed E-state index contributed by atoms with van der Waals surface area (Å²) in [4.78, 5) is 10.8. The van der Waals surface area contributed by atoms with Crippen LogP contribution < -0.4 is 0 Å². The van der Waals surface area contributed by atoms with Gasteiger partial charge in [0.05, 0.1) is 0 Å². The first-order chi connectivity index (χ1) is 11.7.